The zero-order valence-corrected chi connectivity index (χ0v) is 10.7. The molecule has 11 nitrogen and oxygen atoms in total. The van der Waals surface area contributed by atoms with Gasteiger partial charge in [0.1, 0.15) is 6.54 Å². The Morgan fingerprint density at radius 3 is 2.28 bits per heavy atom. The maximum Gasteiger partial charge on any atom is 0.407 e. The normalized spacial score (nSPS) is 16.4. The minimum atomic E-state index is -4.93. The predicted molar refractivity (Wildman–Crippen MR) is 58.8 cm³/mol. The largest absolute Gasteiger partial charge is 0.407 e. The Hall–Kier alpha value is -0.960. The summed E-state index contributed by atoms with van der Waals surface area (Å²) in [4.78, 5) is 37.0. The monoisotopic (exact) mass is 305 g/mol. The molecule has 0 fully saturated rings. The molecule has 0 saturated heterocycles. The maximum absolute atomic E-state index is 11.3. The fourth-order valence-corrected chi connectivity index (χ4v) is 3.09. The fraction of sp³-hybridized carbons (Fsp3) is 0.600. The van der Waals surface area contributed by atoms with Crippen LogP contribution in [0.2, 0.25) is 0 Å². The predicted octanol–water partition coefficient (Wildman–Crippen LogP) is -2.31. The van der Waals surface area contributed by atoms with Crippen molar-refractivity contribution >= 4 is 27.1 Å². The number of nitrogens with one attached hydrogen (secondary N) is 2. The van der Waals surface area contributed by atoms with E-state index in [-0.39, 0.29) is 0 Å². The highest BCUT2D eigenvalue weighted by molar-refractivity contribution is 7.57. The first kappa shape index (κ1) is 17.0. The van der Waals surface area contributed by atoms with Crippen LogP contribution >= 0.6 is 15.2 Å². The van der Waals surface area contributed by atoms with E-state index in [1.165, 1.54) is 0 Å². The van der Waals surface area contributed by atoms with Gasteiger partial charge in [-0.1, -0.05) is 0 Å². The van der Waals surface area contributed by atoms with Crippen LogP contribution in [0.5, 0.6) is 0 Å². The number of carbonyl (C=O) groups is 1. The Morgan fingerprint density at radius 2 is 1.89 bits per heavy atom. The Morgan fingerprint density at radius 1 is 1.39 bits per heavy atom. The molecule has 0 aromatic carbocycles. The second-order valence-corrected chi connectivity index (χ2v) is 6.72. The quantitative estimate of drug-likeness (QED) is 0.159. The van der Waals surface area contributed by atoms with Crippen LogP contribution in [0.3, 0.4) is 0 Å². The lowest BCUT2D eigenvalue weighted by atomic mass is 10.6. The molecule has 2 atom stereocenters. The van der Waals surface area contributed by atoms with E-state index in [1.807, 2.05) is 5.32 Å². The first-order valence-corrected chi connectivity index (χ1v) is 7.74. The summed E-state index contributed by atoms with van der Waals surface area (Å²) in [6.45, 7) is -0.706. The summed E-state index contributed by atoms with van der Waals surface area (Å²) in [7, 11) is -9.67. The third kappa shape index (κ3) is 7.38. The van der Waals surface area contributed by atoms with Crippen molar-refractivity contribution < 1.29 is 38.2 Å². The van der Waals surface area contributed by atoms with Crippen LogP contribution in [0.1, 0.15) is 0 Å². The van der Waals surface area contributed by atoms with Crippen LogP contribution in [-0.2, 0) is 18.4 Å². The highest BCUT2D eigenvalue weighted by atomic mass is 31.2. The molecule has 0 saturated carbocycles. The number of hydrogen-bond acceptors (Lipinski definition) is 6. The molecule has 2 unspecified atom stereocenters. The van der Waals surface area contributed by atoms with Gasteiger partial charge in [0.15, 0.2) is 11.8 Å². The SMILES string of the molecule is N=C(N)NCC(=O)OP(=O)(O)C(O)CP(=O)(O)O. The fourth-order valence-electron chi connectivity index (χ4n) is 0.722. The summed E-state index contributed by atoms with van der Waals surface area (Å²) in [5, 5.41) is 17.7. The molecular weight excluding hydrogens is 292 g/mol. The zero-order chi connectivity index (χ0) is 14.6. The minimum Gasteiger partial charge on any atom is -0.389 e. The Kier molecular flexibility index (Phi) is 5.94. The number of hydrogen-bond donors (Lipinski definition) is 7. The van der Waals surface area contributed by atoms with Crippen molar-refractivity contribution in [1.29, 1.82) is 5.41 Å². The molecule has 106 valence electrons. The number of guanidine groups is 1. The smallest absolute Gasteiger partial charge is 0.389 e. The molecule has 0 rings (SSSR count). The van der Waals surface area contributed by atoms with E-state index >= 15 is 0 Å². The summed E-state index contributed by atoms with van der Waals surface area (Å²) in [6.07, 6.45) is -1.33. The van der Waals surface area contributed by atoms with Crippen LogP contribution in [-0.4, -0.2) is 50.3 Å². The molecule has 0 heterocycles. The lowest BCUT2D eigenvalue weighted by molar-refractivity contribution is -0.133. The maximum atomic E-state index is 11.3. The standard InChI is InChI=1S/C5H13N3O8P2/c6-5(7)8-1-3(9)16-18(14,15)4(10)2-17(11,12)13/h4,10H,1-2H2,(H,14,15)(H4,6,7,8)(H2,11,12,13). The molecule has 0 bridgehead atoms. The van der Waals surface area contributed by atoms with Gasteiger partial charge in [-0.15, -0.1) is 0 Å². The molecule has 0 aromatic rings. The molecule has 0 radical (unpaired) electrons. The number of nitrogens with two attached hydrogens (primary N) is 1. The lowest BCUT2D eigenvalue weighted by Crippen LogP contribution is -2.35. The van der Waals surface area contributed by atoms with Crippen LogP contribution in [0.25, 0.3) is 0 Å². The summed E-state index contributed by atoms with van der Waals surface area (Å²) in [5.74, 6) is -4.31. The van der Waals surface area contributed by atoms with Gasteiger partial charge in [-0.05, 0) is 0 Å². The number of rotatable bonds is 6. The molecule has 0 spiro atoms. The van der Waals surface area contributed by atoms with Crippen molar-refractivity contribution in [3.05, 3.63) is 0 Å². The molecule has 0 aliphatic carbocycles. The molecule has 13 heteroatoms. The second-order valence-electron chi connectivity index (χ2n) is 3.12. The molecule has 0 amide bonds. The van der Waals surface area contributed by atoms with E-state index in [0.29, 0.717) is 0 Å². The Balaban J connectivity index is 4.46. The van der Waals surface area contributed by atoms with E-state index < -0.39 is 45.7 Å². The van der Waals surface area contributed by atoms with Gasteiger partial charge in [0.2, 0.25) is 0 Å². The lowest BCUT2D eigenvalue weighted by Gasteiger charge is -2.18. The molecule has 0 aliphatic rings. The van der Waals surface area contributed by atoms with Crippen molar-refractivity contribution in [3.8, 4) is 0 Å². The van der Waals surface area contributed by atoms with Crippen LogP contribution in [0.15, 0.2) is 0 Å². The summed E-state index contributed by atoms with van der Waals surface area (Å²) >= 11 is 0. The van der Waals surface area contributed by atoms with Gasteiger partial charge >= 0.3 is 21.2 Å². The van der Waals surface area contributed by atoms with E-state index in [2.05, 4.69) is 4.52 Å². The summed E-state index contributed by atoms with van der Waals surface area (Å²) < 4.78 is 25.7. The topological polar surface area (TPSA) is 203 Å². The van der Waals surface area contributed by atoms with Crippen molar-refractivity contribution in [3.63, 3.8) is 0 Å². The van der Waals surface area contributed by atoms with Crippen molar-refractivity contribution in [2.45, 2.75) is 5.85 Å². The number of aliphatic hydroxyl groups is 1. The van der Waals surface area contributed by atoms with E-state index in [1.54, 1.807) is 0 Å². The van der Waals surface area contributed by atoms with Gasteiger partial charge in [-0.2, -0.15) is 0 Å². The van der Waals surface area contributed by atoms with Gasteiger partial charge < -0.3 is 35.4 Å². The van der Waals surface area contributed by atoms with Crippen LogP contribution in [0.4, 0.5) is 0 Å². The van der Waals surface area contributed by atoms with Crippen LogP contribution in [0, 0.1) is 5.41 Å². The highest BCUT2D eigenvalue weighted by Gasteiger charge is 2.38. The third-order valence-corrected chi connectivity index (χ3v) is 3.94. The summed E-state index contributed by atoms with van der Waals surface area (Å²) in [6, 6.07) is 0. The first-order valence-electron chi connectivity index (χ1n) is 4.29. The van der Waals surface area contributed by atoms with E-state index in [0.717, 1.165) is 0 Å². The molecule has 8 N–H and O–H groups in total. The average molecular weight is 305 g/mol. The van der Waals surface area contributed by atoms with Crippen molar-refractivity contribution in [2.75, 3.05) is 12.7 Å². The zero-order valence-electron chi connectivity index (χ0n) is 8.89. The van der Waals surface area contributed by atoms with Crippen LogP contribution < -0.4 is 11.1 Å². The van der Waals surface area contributed by atoms with Gasteiger partial charge in [-0.3, -0.25) is 9.97 Å². The highest BCUT2D eigenvalue weighted by Crippen LogP contribution is 2.51. The van der Waals surface area contributed by atoms with E-state index in [4.69, 9.17) is 30.9 Å². The average Bonchev–Trinajstić information content (AvgIpc) is 2.11. The van der Waals surface area contributed by atoms with Gasteiger partial charge in [0, 0.05) is 0 Å². The Bertz CT molecular complexity index is 419. The molecule has 0 aliphatic heterocycles. The van der Waals surface area contributed by atoms with Crippen molar-refractivity contribution in [2.24, 2.45) is 5.73 Å². The number of carbonyl (C=O) groups excluding carboxylic acids is 1. The van der Waals surface area contributed by atoms with Gasteiger partial charge in [0.25, 0.3) is 0 Å². The third-order valence-electron chi connectivity index (χ3n) is 1.43. The first-order chi connectivity index (χ1) is 7.94. The molecule has 0 aromatic heterocycles. The molecule has 18 heavy (non-hydrogen) atoms. The van der Waals surface area contributed by atoms with Gasteiger partial charge in [0.05, 0.1) is 6.16 Å². The van der Waals surface area contributed by atoms with Crippen molar-refractivity contribution in [1.82, 2.24) is 5.32 Å². The second kappa shape index (κ2) is 6.28. The summed E-state index contributed by atoms with van der Waals surface area (Å²) in [5.41, 5.74) is 4.83. The van der Waals surface area contributed by atoms with E-state index in [9.17, 15) is 13.9 Å². The van der Waals surface area contributed by atoms with Gasteiger partial charge in [-0.25, -0.2) is 9.36 Å². The Labute approximate surface area is 101 Å². The molecular formula is C5H13N3O8P2. The minimum absolute atomic E-state index is 0.588. The number of aliphatic hydroxyl groups excluding tert-OH is 1.